The van der Waals surface area contributed by atoms with Gasteiger partial charge in [-0.2, -0.15) is 5.10 Å². The Balaban J connectivity index is 2.15. The van der Waals surface area contributed by atoms with Gasteiger partial charge in [0.25, 0.3) is 5.56 Å². The number of carboxylic acid groups (broad SMARTS) is 1. The molecular formula is C13H10N4O3. The Kier molecular flexibility index (Phi) is 2.79. The van der Waals surface area contributed by atoms with Crippen LogP contribution in [0.1, 0.15) is 0 Å². The molecule has 0 saturated carbocycles. The Bertz CT molecular complexity index is 836. The van der Waals surface area contributed by atoms with Gasteiger partial charge in [-0.05, 0) is 18.2 Å². The number of aromatic nitrogens is 4. The molecular weight excluding hydrogens is 260 g/mol. The maximum atomic E-state index is 12.1. The number of fused-ring (bicyclic) bond motifs is 1. The van der Waals surface area contributed by atoms with Gasteiger partial charge in [-0.3, -0.25) is 14.6 Å². The van der Waals surface area contributed by atoms with Gasteiger partial charge in [0.15, 0.2) is 0 Å². The average molecular weight is 270 g/mol. The highest BCUT2D eigenvalue weighted by molar-refractivity contribution is 5.67. The summed E-state index contributed by atoms with van der Waals surface area (Å²) in [6, 6.07) is 5.21. The zero-order valence-corrected chi connectivity index (χ0v) is 10.3. The van der Waals surface area contributed by atoms with Crippen LogP contribution < -0.4 is 5.56 Å². The van der Waals surface area contributed by atoms with Crippen molar-refractivity contribution >= 4 is 11.5 Å². The number of rotatable bonds is 3. The molecule has 7 nitrogen and oxygen atoms in total. The average Bonchev–Trinajstić information content (AvgIpc) is 2.87. The topological polar surface area (TPSA) is 89.5 Å². The van der Waals surface area contributed by atoms with E-state index in [0.717, 1.165) is 10.1 Å². The highest BCUT2D eigenvalue weighted by Crippen LogP contribution is 2.16. The van der Waals surface area contributed by atoms with E-state index in [2.05, 4.69) is 10.1 Å². The summed E-state index contributed by atoms with van der Waals surface area (Å²) >= 11 is 0. The number of carboxylic acids is 1. The number of hydrogen-bond donors (Lipinski definition) is 1. The van der Waals surface area contributed by atoms with Gasteiger partial charge in [0, 0.05) is 30.4 Å². The third-order valence-electron chi connectivity index (χ3n) is 2.89. The molecule has 3 heterocycles. The second kappa shape index (κ2) is 4.61. The minimum absolute atomic E-state index is 0.334. The Hall–Kier alpha value is -2.96. The van der Waals surface area contributed by atoms with Gasteiger partial charge in [-0.15, -0.1) is 0 Å². The van der Waals surface area contributed by atoms with Gasteiger partial charge in [0.05, 0.1) is 5.69 Å². The van der Waals surface area contributed by atoms with Crippen LogP contribution in [0.2, 0.25) is 0 Å². The fourth-order valence-electron chi connectivity index (χ4n) is 1.96. The molecule has 0 aliphatic rings. The molecule has 0 saturated heterocycles. The van der Waals surface area contributed by atoms with Gasteiger partial charge in [0.2, 0.25) is 0 Å². The standard InChI is InChI=1S/C13H10N4O3/c18-12(19)8-16-5-6-17-11(13(16)20)7-10(15-17)9-1-3-14-4-2-9/h1-7H,8H2,(H,18,19). The number of carbonyl (C=O) groups is 1. The van der Waals surface area contributed by atoms with E-state index in [1.807, 2.05) is 0 Å². The normalized spacial score (nSPS) is 10.8. The predicted molar refractivity (Wildman–Crippen MR) is 70.3 cm³/mol. The van der Waals surface area contributed by atoms with Crippen molar-refractivity contribution in [2.75, 3.05) is 0 Å². The van der Waals surface area contributed by atoms with E-state index in [9.17, 15) is 9.59 Å². The Morgan fingerprint density at radius 2 is 2.00 bits per heavy atom. The van der Waals surface area contributed by atoms with E-state index >= 15 is 0 Å². The lowest BCUT2D eigenvalue weighted by Gasteiger charge is -2.01. The second-order valence-electron chi connectivity index (χ2n) is 4.22. The monoisotopic (exact) mass is 270 g/mol. The first-order chi connectivity index (χ1) is 9.65. The fraction of sp³-hybridized carbons (Fsp3) is 0.0769. The number of pyridine rings is 1. The van der Waals surface area contributed by atoms with Gasteiger partial charge < -0.3 is 9.67 Å². The third-order valence-corrected chi connectivity index (χ3v) is 2.89. The summed E-state index contributed by atoms with van der Waals surface area (Å²) in [6.45, 7) is -0.370. The molecule has 100 valence electrons. The summed E-state index contributed by atoms with van der Waals surface area (Å²) in [5.74, 6) is -1.06. The van der Waals surface area contributed by atoms with Crippen molar-refractivity contribution in [2.45, 2.75) is 6.54 Å². The Labute approximate surface area is 112 Å². The van der Waals surface area contributed by atoms with Crippen LogP contribution in [0.15, 0.2) is 47.8 Å². The molecule has 0 amide bonds. The minimum atomic E-state index is -1.06. The summed E-state index contributed by atoms with van der Waals surface area (Å²) in [4.78, 5) is 26.8. The highest BCUT2D eigenvalue weighted by atomic mass is 16.4. The van der Waals surface area contributed by atoms with Gasteiger partial charge in [-0.1, -0.05) is 0 Å². The van der Waals surface area contributed by atoms with Crippen molar-refractivity contribution in [3.8, 4) is 11.3 Å². The summed E-state index contributed by atoms with van der Waals surface area (Å²) < 4.78 is 2.58. The molecule has 0 aliphatic carbocycles. The maximum Gasteiger partial charge on any atom is 0.323 e. The third kappa shape index (κ3) is 2.05. The van der Waals surface area contributed by atoms with Crippen LogP contribution in [0, 0.1) is 0 Å². The lowest BCUT2D eigenvalue weighted by molar-refractivity contribution is -0.137. The number of aliphatic carboxylic acids is 1. The van der Waals surface area contributed by atoms with E-state index < -0.39 is 5.97 Å². The maximum absolute atomic E-state index is 12.1. The fourth-order valence-corrected chi connectivity index (χ4v) is 1.96. The zero-order chi connectivity index (χ0) is 14.1. The van der Waals surface area contributed by atoms with Crippen LogP contribution in [0.3, 0.4) is 0 Å². The van der Waals surface area contributed by atoms with Gasteiger partial charge in [-0.25, -0.2) is 4.52 Å². The molecule has 0 fully saturated rings. The van der Waals surface area contributed by atoms with Crippen molar-refractivity contribution in [1.29, 1.82) is 0 Å². The first-order valence-electron chi connectivity index (χ1n) is 5.86. The van der Waals surface area contributed by atoms with E-state index in [1.165, 1.54) is 10.7 Å². The molecule has 0 bridgehead atoms. The molecule has 0 radical (unpaired) electrons. The molecule has 0 atom stereocenters. The van der Waals surface area contributed by atoms with E-state index in [-0.39, 0.29) is 12.1 Å². The van der Waals surface area contributed by atoms with E-state index in [0.29, 0.717) is 11.2 Å². The first-order valence-corrected chi connectivity index (χ1v) is 5.86. The summed E-state index contributed by atoms with van der Waals surface area (Å²) in [5.41, 5.74) is 1.42. The van der Waals surface area contributed by atoms with Crippen molar-refractivity contribution in [1.82, 2.24) is 19.2 Å². The summed E-state index contributed by atoms with van der Waals surface area (Å²) in [6.07, 6.45) is 6.25. The van der Waals surface area contributed by atoms with Gasteiger partial charge >= 0.3 is 5.97 Å². The quantitative estimate of drug-likeness (QED) is 0.754. The van der Waals surface area contributed by atoms with Crippen LogP contribution in [-0.4, -0.2) is 30.2 Å². The summed E-state index contributed by atoms with van der Waals surface area (Å²) in [7, 11) is 0. The SMILES string of the molecule is O=C(O)Cn1ccn2nc(-c3ccncc3)cc2c1=O. The second-order valence-corrected chi connectivity index (χ2v) is 4.22. The molecule has 1 N–H and O–H groups in total. The van der Waals surface area contributed by atoms with E-state index in [4.69, 9.17) is 5.11 Å². The van der Waals surface area contributed by atoms with Gasteiger partial charge in [0.1, 0.15) is 12.1 Å². The van der Waals surface area contributed by atoms with Crippen LogP contribution >= 0.6 is 0 Å². The van der Waals surface area contributed by atoms with E-state index in [1.54, 1.807) is 36.8 Å². The number of hydrogen-bond acceptors (Lipinski definition) is 4. The van der Waals surface area contributed by atoms with Crippen LogP contribution in [-0.2, 0) is 11.3 Å². The molecule has 0 spiro atoms. The lowest BCUT2D eigenvalue weighted by atomic mass is 10.2. The Morgan fingerprint density at radius 1 is 1.25 bits per heavy atom. The minimum Gasteiger partial charge on any atom is -0.480 e. The largest absolute Gasteiger partial charge is 0.480 e. The first kappa shape index (κ1) is 12.1. The van der Waals surface area contributed by atoms with Crippen molar-refractivity contribution in [3.63, 3.8) is 0 Å². The highest BCUT2D eigenvalue weighted by Gasteiger charge is 2.10. The van der Waals surface area contributed by atoms with Crippen molar-refractivity contribution in [3.05, 3.63) is 53.3 Å². The molecule has 0 aromatic carbocycles. The van der Waals surface area contributed by atoms with Crippen molar-refractivity contribution < 1.29 is 9.90 Å². The van der Waals surface area contributed by atoms with Crippen LogP contribution in [0.25, 0.3) is 16.8 Å². The predicted octanol–water partition coefficient (Wildman–Crippen LogP) is 0.643. The smallest absolute Gasteiger partial charge is 0.323 e. The van der Waals surface area contributed by atoms with Crippen molar-refractivity contribution in [2.24, 2.45) is 0 Å². The lowest BCUT2D eigenvalue weighted by Crippen LogP contribution is -2.24. The molecule has 20 heavy (non-hydrogen) atoms. The molecule has 0 unspecified atom stereocenters. The molecule has 0 aliphatic heterocycles. The number of nitrogens with zero attached hydrogens (tertiary/aromatic N) is 4. The van der Waals surface area contributed by atoms with Crippen LogP contribution in [0.5, 0.6) is 0 Å². The molecule has 3 aromatic rings. The molecule has 3 rings (SSSR count). The Morgan fingerprint density at radius 3 is 2.70 bits per heavy atom. The molecule has 3 aromatic heterocycles. The molecule has 7 heteroatoms. The van der Waals surface area contributed by atoms with Crippen LogP contribution in [0.4, 0.5) is 0 Å². The summed E-state index contributed by atoms with van der Waals surface area (Å²) in [5, 5.41) is 13.0. The zero-order valence-electron chi connectivity index (χ0n) is 10.3.